The molecule has 2 aromatic rings. The quantitative estimate of drug-likeness (QED) is 0.769. The molecule has 1 saturated heterocycles. The molecule has 0 bridgehead atoms. The van der Waals surface area contributed by atoms with E-state index in [1.807, 2.05) is 24.6 Å². The van der Waals surface area contributed by atoms with E-state index in [4.69, 9.17) is 4.74 Å². The van der Waals surface area contributed by atoms with E-state index in [1.54, 1.807) is 24.3 Å². The number of anilines is 1. The lowest BCUT2D eigenvalue weighted by molar-refractivity contribution is -0.124. The molecule has 28 heavy (non-hydrogen) atoms. The molecule has 2 heterocycles. The van der Waals surface area contributed by atoms with E-state index in [1.165, 1.54) is 0 Å². The normalized spacial score (nSPS) is 17.3. The van der Waals surface area contributed by atoms with Crippen LogP contribution in [0.3, 0.4) is 0 Å². The first-order valence-electron chi connectivity index (χ1n) is 9.74. The van der Waals surface area contributed by atoms with E-state index >= 15 is 0 Å². The zero-order valence-corrected chi connectivity index (χ0v) is 16.7. The second-order valence-corrected chi connectivity index (χ2v) is 7.50. The van der Waals surface area contributed by atoms with Gasteiger partial charge in [0.25, 0.3) is 11.8 Å². The Hall–Kier alpha value is -2.67. The maximum absolute atomic E-state index is 12.5. The van der Waals surface area contributed by atoms with E-state index in [2.05, 4.69) is 22.7 Å². The highest BCUT2D eigenvalue weighted by molar-refractivity contribution is 5.98. The van der Waals surface area contributed by atoms with E-state index in [0.29, 0.717) is 24.4 Å². The number of nitrogens with one attached hydrogen (secondary N) is 2. The highest BCUT2D eigenvalue weighted by atomic mass is 16.5. The van der Waals surface area contributed by atoms with Gasteiger partial charge < -0.3 is 15.4 Å². The fourth-order valence-corrected chi connectivity index (χ4v) is 3.33. The maximum atomic E-state index is 12.5. The van der Waals surface area contributed by atoms with Crippen LogP contribution in [0.25, 0.3) is 0 Å². The Morgan fingerprint density at radius 2 is 2.14 bits per heavy atom. The maximum Gasteiger partial charge on any atom is 0.253 e. The second kappa shape index (κ2) is 9.01. The average molecular weight is 384 g/mol. The van der Waals surface area contributed by atoms with Gasteiger partial charge in [0, 0.05) is 36.6 Å². The monoisotopic (exact) mass is 384 g/mol. The lowest BCUT2D eigenvalue weighted by Gasteiger charge is -2.15. The number of hydrogen-bond acceptors (Lipinski definition) is 4. The number of aromatic nitrogens is 2. The van der Waals surface area contributed by atoms with E-state index < -0.39 is 6.10 Å². The summed E-state index contributed by atoms with van der Waals surface area (Å²) in [7, 11) is 0. The molecule has 3 rings (SSSR count). The van der Waals surface area contributed by atoms with Crippen molar-refractivity contribution in [1.82, 2.24) is 15.1 Å². The Balaban J connectivity index is 1.52. The molecule has 2 N–H and O–H groups in total. The van der Waals surface area contributed by atoms with Gasteiger partial charge in [-0.2, -0.15) is 5.10 Å². The number of nitrogens with zero attached hydrogens (tertiary/aromatic N) is 2. The number of amides is 2. The Bertz CT molecular complexity index is 840. The van der Waals surface area contributed by atoms with Crippen molar-refractivity contribution < 1.29 is 14.3 Å². The summed E-state index contributed by atoms with van der Waals surface area (Å²) in [5.74, 6) is -0.0775. The van der Waals surface area contributed by atoms with Gasteiger partial charge in [-0.1, -0.05) is 13.0 Å². The first-order chi connectivity index (χ1) is 13.4. The third-order valence-corrected chi connectivity index (χ3v) is 4.81. The first kappa shape index (κ1) is 20.1. The van der Waals surface area contributed by atoms with Crippen LogP contribution in [0.1, 0.15) is 41.5 Å². The molecule has 1 aliphatic rings. The fraction of sp³-hybridized carbons (Fsp3) is 0.476. The molecular weight excluding hydrogens is 356 g/mol. The summed E-state index contributed by atoms with van der Waals surface area (Å²) in [4.78, 5) is 24.7. The molecule has 1 aliphatic heterocycles. The number of rotatable bonds is 7. The van der Waals surface area contributed by atoms with Gasteiger partial charge in [0.1, 0.15) is 6.10 Å². The lowest BCUT2D eigenvalue weighted by atomic mass is 10.1. The lowest BCUT2D eigenvalue weighted by Crippen LogP contribution is -2.30. The summed E-state index contributed by atoms with van der Waals surface area (Å²) in [5, 5.41) is 10.3. The van der Waals surface area contributed by atoms with Gasteiger partial charge in [-0.05, 0) is 56.9 Å². The number of ether oxygens (including phenoxy) is 1. The van der Waals surface area contributed by atoms with Crippen LogP contribution in [-0.4, -0.2) is 40.9 Å². The molecule has 0 saturated carbocycles. The van der Waals surface area contributed by atoms with Gasteiger partial charge in [0.05, 0.1) is 5.69 Å². The SMILES string of the molecule is Cc1cc(C)n(C[C@H](C)CNC(=O)c2cccc(NC(=O)[C@H]3CCCO3)c2)n1. The summed E-state index contributed by atoms with van der Waals surface area (Å²) in [6, 6.07) is 9.01. The first-order valence-corrected chi connectivity index (χ1v) is 9.74. The molecule has 7 heteroatoms. The Labute approximate surface area is 165 Å². The zero-order chi connectivity index (χ0) is 20.1. The van der Waals surface area contributed by atoms with E-state index in [0.717, 1.165) is 30.8 Å². The van der Waals surface area contributed by atoms with Gasteiger partial charge in [0.15, 0.2) is 0 Å². The van der Waals surface area contributed by atoms with Crippen LogP contribution >= 0.6 is 0 Å². The van der Waals surface area contributed by atoms with Gasteiger partial charge >= 0.3 is 0 Å². The third-order valence-electron chi connectivity index (χ3n) is 4.81. The van der Waals surface area contributed by atoms with Gasteiger partial charge in [-0.3, -0.25) is 14.3 Å². The molecule has 0 spiro atoms. The van der Waals surface area contributed by atoms with Crippen molar-refractivity contribution in [2.45, 2.75) is 46.3 Å². The molecule has 2 atom stereocenters. The van der Waals surface area contributed by atoms with Crippen LogP contribution in [0.15, 0.2) is 30.3 Å². The summed E-state index contributed by atoms with van der Waals surface area (Å²) in [5.41, 5.74) is 3.23. The molecular formula is C21H28N4O3. The summed E-state index contributed by atoms with van der Waals surface area (Å²) in [6.07, 6.45) is 1.24. The van der Waals surface area contributed by atoms with Crippen LogP contribution in [-0.2, 0) is 16.1 Å². The minimum absolute atomic E-state index is 0.159. The summed E-state index contributed by atoms with van der Waals surface area (Å²) in [6.45, 7) is 7.99. The van der Waals surface area contributed by atoms with Gasteiger partial charge in [0.2, 0.25) is 0 Å². The minimum atomic E-state index is -0.396. The molecule has 7 nitrogen and oxygen atoms in total. The second-order valence-electron chi connectivity index (χ2n) is 7.50. The topological polar surface area (TPSA) is 85.2 Å². The molecule has 2 amide bonds. The molecule has 0 unspecified atom stereocenters. The van der Waals surface area contributed by atoms with Crippen molar-refractivity contribution in [1.29, 1.82) is 0 Å². The van der Waals surface area contributed by atoms with Crippen LogP contribution in [0.2, 0.25) is 0 Å². The third kappa shape index (κ3) is 5.19. The van der Waals surface area contributed by atoms with Crippen molar-refractivity contribution in [3.05, 3.63) is 47.3 Å². The highest BCUT2D eigenvalue weighted by Crippen LogP contribution is 2.16. The molecule has 0 radical (unpaired) electrons. The molecule has 1 aromatic carbocycles. The Morgan fingerprint density at radius 1 is 1.32 bits per heavy atom. The highest BCUT2D eigenvalue weighted by Gasteiger charge is 2.23. The van der Waals surface area contributed by atoms with E-state index in [-0.39, 0.29) is 17.7 Å². The number of benzene rings is 1. The Morgan fingerprint density at radius 3 is 2.82 bits per heavy atom. The average Bonchev–Trinajstić information content (AvgIpc) is 3.30. The molecule has 1 fully saturated rings. The zero-order valence-electron chi connectivity index (χ0n) is 16.7. The smallest absolute Gasteiger partial charge is 0.253 e. The number of hydrogen-bond donors (Lipinski definition) is 2. The largest absolute Gasteiger partial charge is 0.368 e. The molecule has 0 aliphatic carbocycles. The predicted octanol–water partition coefficient (Wildman–Crippen LogP) is 2.68. The Kier molecular flexibility index (Phi) is 6.46. The fourth-order valence-electron chi connectivity index (χ4n) is 3.33. The van der Waals surface area contributed by atoms with Crippen molar-refractivity contribution >= 4 is 17.5 Å². The molecule has 150 valence electrons. The van der Waals surface area contributed by atoms with E-state index in [9.17, 15) is 9.59 Å². The number of carbonyl (C=O) groups excluding carboxylic acids is 2. The predicted molar refractivity (Wildman–Crippen MR) is 107 cm³/mol. The van der Waals surface area contributed by atoms with Crippen LogP contribution < -0.4 is 10.6 Å². The van der Waals surface area contributed by atoms with Crippen molar-refractivity contribution in [2.75, 3.05) is 18.5 Å². The van der Waals surface area contributed by atoms with Crippen molar-refractivity contribution in [2.24, 2.45) is 5.92 Å². The van der Waals surface area contributed by atoms with Gasteiger partial charge in [-0.15, -0.1) is 0 Å². The molecule has 1 aromatic heterocycles. The summed E-state index contributed by atoms with van der Waals surface area (Å²) >= 11 is 0. The van der Waals surface area contributed by atoms with Crippen LogP contribution in [0, 0.1) is 19.8 Å². The number of carbonyl (C=O) groups is 2. The van der Waals surface area contributed by atoms with Crippen molar-refractivity contribution in [3.8, 4) is 0 Å². The summed E-state index contributed by atoms with van der Waals surface area (Å²) < 4.78 is 7.36. The van der Waals surface area contributed by atoms with Crippen LogP contribution in [0.4, 0.5) is 5.69 Å². The van der Waals surface area contributed by atoms with Gasteiger partial charge in [-0.25, -0.2) is 0 Å². The number of aryl methyl sites for hydroxylation is 2. The van der Waals surface area contributed by atoms with Crippen LogP contribution in [0.5, 0.6) is 0 Å². The minimum Gasteiger partial charge on any atom is -0.368 e. The standard InChI is InChI=1S/C21H28N4O3/c1-14(13-25-16(3)10-15(2)24-25)12-22-20(26)17-6-4-7-18(11-17)23-21(27)19-8-5-9-28-19/h4,6-7,10-11,14,19H,5,8-9,12-13H2,1-3H3,(H,22,26)(H,23,27)/t14-,19-/m1/s1. The van der Waals surface area contributed by atoms with Crippen molar-refractivity contribution in [3.63, 3.8) is 0 Å².